The molecule has 0 fully saturated rings. The SMILES string of the molecule is CCNC(=NCCCc1nc(C)cs1)NCCC(O)c1ccccc1.I. The van der Waals surface area contributed by atoms with Gasteiger partial charge in [0.15, 0.2) is 5.96 Å². The second kappa shape index (κ2) is 13.1. The molecule has 2 aromatic rings. The van der Waals surface area contributed by atoms with E-state index in [0.717, 1.165) is 43.1 Å². The molecule has 0 spiro atoms. The number of aryl methyl sites for hydroxylation is 2. The van der Waals surface area contributed by atoms with Crippen LogP contribution in [0.4, 0.5) is 0 Å². The van der Waals surface area contributed by atoms with Crippen molar-refractivity contribution in [1.82, 2.24) is 15.6 Å². The van der Waals surface area contributed by atoms with Gasteiger partial charge in [-0.15, -0.1) is 35.3 Å². The van der Waals surface area contributed by atoms with Crippen molar-refractivity contribution < 1.29 is 5.11 Å². The fraction of sp³-hybridized carbons (Fsp3) is 0.474. The molecule has 0 radical (unpaired) electrons. The van der Waals surface area contributed by atoms with Crippen molar-refractivity contribution in [3.8, 4) is 0 Å². The maximum absolute atomic E-state index is 10.2. The molecule has 7 heteroatoms. The van der Waals surface area contributed by atoms with Gasteiger partial charge in [-0.25, -0.2) is 4.98 Å². The lowest BCUT2D eigenvalue weighted by atomic mass is 10.1. The summed E-state index contributed by atoms with van der Waals surface area (Å²) in [6, 6.07) is 9.74. The lowest BCUT2D eigenvalue weighted by Gasteiger charge is -2.14. The first-order chi connectivity index (χ1) is 12.2. The fourth-order valence-corrected chi connectivity index (χ4v) is 3.27. The first kappa shape index (κ1) is 22.9. The van der Waals surface area contributed by atoms with Gasteiger partial charge in [-0.2, -0.15) is 0 Å². The number of hydrogen-bond acceptors (Lipinski definition) is 4. The van der Waals surface area contributed by atoms with E-state index in [1.165, 1.54) is 5.01 Å². The van der Waals surface area contributed by atoms with Crippen molar-refractivity contribution in [2.24, 2.45) is 4.99 Å². The number of nitrogens with one attached hydrogen (secondary N) is 2. The minimum absolute atomic E-state index is 0. The highest BCUT2D eigenvalue weighted by molar-refractivity contribution is 14.0. The Morgan fingerprint density at radius 2 is 2.04 bits per heavy atom. The Hall–Kier alpha value is -1.19. The number of thiazole rings is 1. The van der Waals surface area contributed by atoms with E-state index >= 15 is 0 Å². The molecule has 2 rings (SSSR count). The van der Waals surface area contributed by atoms with Crippen LogP contribution in [0.5, 0.6) is 0 Å². The van der Waals surface area contributed by atoms with Gasteiger partial charge in [-0.1, -0.05) is 30.3 Å². The Kier molecular flexibility index (Phi) is 11.5. The molecule has 3 N–H and O–H groups in total. The second-order valence-electron chi connectivity index (χ2n) is 5.89. The Balaban J connectivity index is 0.00000338. The molecule has 0 bridgehead atoms. The van der Waals surface area contributed by atoms with E-state index in [1.54, 1.807) is 11.3 Å². The fourth-order valence-electron chi connectivity index (χ4n) is 2.45. The van der Waals surface area contributed by atoms with Crippen LogP contribution in [0.25, 0.3) is 0 Å². The van der Waals surface area contributed by atoms with Crippen molar-refractivity contribution in [3.05, 3.63) is 52.0 Å². The van der Waals surface area contributed by atoms with Gasteiger partial charge in [-0.3, -0.25) is 4.99 Å². The molecule has 0 aliphatic heterocycles. The first-order valence-electron chi connectivity index (χ1n) is 8.85. The maximum atomic E-state index is 10.2. The summed E-state index contributed by atoms with van der Waals surface area (Å²) in [5.74, 6) is 0.804. The highest BCUT2D eigenvalue weighted by Gasteiger charge is 2.07. The standard InChI is InChI=1S/C19H28N4OS.HI/c1-3-20-19(21-12-7-10-18-23-15(2)14-25-18)22-13-11-17(24)16-8-5-4-6-9-16;/h4-6,8-9,14,17,24H,3,7,10-13H2,1-2H3,(H2,20,21,22);1H. The van der Waals surface area contributed by atoms with E-state index in [4.69, 9.17) is 0 Å². The summed E-state index contributed by atoms with van der Waals surface area (Å²) in [4.78, 5) is 9.07. The summed E-state index contributed by atoms with van der Waals surface area (Å²) in [7, 11) is 0. The monoisotopic (exact) mass is 488 g/mol. The van der Waals surface area contributed by atoms with Crippen LogP contribution >= 0.6 is 35.3 Å². The molecule has 1 aromatic heterocycles. The van der Waals surface area contributed by atoms with Gasteiger partial charge < -0.3 is 15.7 Å². The molecule has 1 aromatic carbocycles. The molecule has 1 unspecified atom stereocenters. The minimum atomic E-state index is -0.454. The lowest BCUT2D eigenvalue weighted by Crippen LogP contribution is -2.38. The highest BCUT2D eigenvalue weighted by Crippen LogP contribution is 2.14. The lowest BCUT2D eigenvalue weighted by molar-refractivity contribution is 0.168. The maximum Gasteiger partial charge on any atom is 0.191 e. The third-order valence-electron chi connectivity index (χ3n) is 3.72. The van der Waals surface area contributed by atoms with E-state index in [-0.39, 0.29) is 24.0 Å². The van der Waals surface area contributed by atoms with E-state index < -0.39 is 6.10 Å². The average Bonchev–Trinajstić information content (AvgIpc) is 3.04. The zero-order valence-corrected chi connectivity index (χ0v) is 18.6. The van der Waals surface area contributed by atoms with Gasteiger partial charge in [0.05, 0.1) is 11.1 Å². The van der Waals surface area contributed by atoms with E-state index in [2.05, 4.69) is 26.0 Å². The first-order valence-corrected chi connectivity index (χ1v) is 9.73. The van der Waals surface area contributed by atoms with Crippen LogP contribution in [0.3, 0.4) is 0 Å². The molecular weight excluding hydrogens is 459 g/mol. The van der Waals surface area contributed by atoms with Crippen LogP contribution in [0.1, 0.15) is 42.1 Å². The number of nitrogens with zero attached hydrogens (tertiary/aromatic N) is 2. The molecular formula is C19H29IN4OS. The van der Waals surface area contributed by atoms with E-state index in [1.807, 2.05) is 44.2 Å². The second-order valence-corrected chi connectivity index (χ2v) is 6.83. The molecule has 0 saturated carbocycles. The summed E-state index contributed by atoms with van der Waals surface area (Å²) in [6.07, 6.45) is 2.14. The Labute approximate surface area is 177 Å². The third-order valence-corrected chi connectivity index (χ3v) is 4.75. The minimum Gasteiger partial charge on any atom is -0.388 e. The van der Waals surface area contributed by atoms with Crippen LogP contribution < -0.4 is 10.6 Å². The molecule has 0 aliphatic rings. The van der Waals surface area contributed by atoms with Crippen molar-refractivity contribution in [3.63, 3.8) is 0 Å². The number of rotatable bonds is 9. The van der Waals surface area contributed by atoms with Gasteiger partial charge in [-0.05, 0) is 32.3 Å². The highest BCUT2D eigenvalue weighted by atomic mass is 127. The van der Waals surface area contributed by atoms with E-state index in [0.29, 0.717) is 13.0 Å². The quantitative estimate of drug-likeness (QED) is 0.218. The number of aromatic nitrogens is 1. The molecule has 1 atom stereocenters. The van der Waals surface area contributed by atoms with Crippen molar-refractivity contribution >= 4 is 41.3 Å². The smallest absolute Gasteiger partial charge is 0.191 e. The number of aliphatic hydroxyl groups is 1. The number of halogens is 1. The van der Waals surface area contributed by atoms with Gasteiger partial charge in [0.2, 0.25) is 0 Å². The largest absolute Gasteiger partial charge is 0.388 e. The van der Waals surface area contributed by atoms with Crippen LogP contribution in [-0.2, 0) is 6.42 Å². The molecule has 5 nitrogen and oxygen atoms in total. The van der Waals surface area contributed by atoms with Crippen molar-refractivity contribution in [2.75, 3.05) is 19.6 Å². The predicted octanol–water partition coefficient (Wildman–Crippen LogP) is 3.68. The molecule has 0 saturated heterocycles. The Bertz CT molecular complexity index is 648. The Morgan fingerprint density at radius 3 is 2.69 bits per heavy atom. The van der Waals surface area contributed by atoms with Crippen LogP contribution in [0.2, 0.25) is 0 Å². The third kappa shape index (κ3) is 8.46. The van der Waals surface area contributed by atoms with Crippen LogP contribution in [0, 0.1) is 6.92 Å². The Morgan fingerprint density at radius 1 is 1.27 bits per heavy atom. The van der Waals surface area contributed by atoms with Gasteiger partial charge >= 0.3 is 0 Å². The summed E-state index contributed by atoms with van der Waals surface area (Å²) < 4.78 is 0. The number of hydrogen-bond donors (Lipinski definition) is 3. The zero-order valence-electron chi connectivity index (χ0n) is 15.4. The molecule has 144 valence electrons. The van der Waals surface area contributed by atoms with Gasteiger partial charge in [0.25, 0.3) is 0 Å². The summed E-state index contributed by atoms with van der Waals surface area (Å²) in [5, 5.41) is 20.0. The molecule has 0 amide bonds. The van der Waals surface area contributed by atoms with E-state index in [9.17, 15) is 5.11 Å². The van der Waals surface area contributed by atoms with Gasteiger partial charge in [0, 0.05) is 37.1 Å². The summed E-state index contributed by atoms with van der Waals surface area (Å²) in [6.45, 7) is 6.32. The van der Waals surface area contributed by atoms with Crippen molar-refractivity contribution in [2.45, 2.75) is 39.2 Å². The molecule has 1 heterocycles. The summed E-state index contributed by atoms with van der Waals surface area (Å²) >= 11 is 1.72. The predicted molar refractivity (Wildman–Crippen MR) is 121 cm³/mol. The number of aliphatic hydroxyl groups excluding tert-OH is 1. The number of guanidine groups is 1. The number of aliphatic imine (C=N–C) groups is 1. The summed E-state index contributed by atoms with van der Waals surface area (Å²) in [5.41, 5.74) is 2.04. The van der Waals surface area contributed by atoms with Crippen LogP contribution in [0.15, 0.2) is 40.7 Å². The van der Waals surface area contributed by atoms with Crippen LogP contribution in [-0.4, -0.2) is 35.7 Å². The number of benzene rings is 1. The van der Waals surface area contributed by atoms with Crippen molar-refractivity contribution in [1.29, 1.82) is 0 Å². The normalized spacial score (nSPS) is 12.3. The topological polar surface area (TPSA) is 69.5 Å². The molecule has 0 aliphatic carbocycles. The zero-order chi connectivity index (χ0) is 17.9. The molecule has 26 heavy (non-hydrogen) atoms. The van der Waals surface area contributed by atoms with Gasteiger partial charge in [0.1, 0.15) is 0 Å². The average molecular weight is 488 g/mol.